The molecule has 1 aliphatic rings. The molecule has 0 bridgehead atoms. The van der Waals surface area contributed by atoms with E-state index in [-0.39, 0.29) is 5.91 Å². The van der Waals surface area contributed by atoms with Gasteiger partial charge in [-0.2, -0.15) is 5.10 Å². The van der Waals surface area contributed by atoms with Crippen LogP contribution in [-0.4, -0.2) is 21.7 Å². The van der Waals surface area contributed by atoms with Crippen molar-refractivity contribution in [2.45, 2.75) is 32.4 Å². The molecule has 0 saturated heterocycles. The van der Waals surface area contributed by atoms with E-state index in [1.165, 1.54) is 6.08 Å². The van der Waals surface area contributed by atoms with E-state index < -0.39 is 0 Å². The van der Waals surface area contributed by atoms with E-state index in [0.29, 0.717) is 27.8 Å². The first-order valence-corrected chi connectivity index (χ1v) is 8.73. The zero-order valence-electron chi connectivity index (χ0n) is 13.0. The van der Waals surface area contributed by atoms with Crippen LogP contribution in [0.3, 0.4) is 0 Å². The maximum absolute atomic E-state index is 11.8. The van der Waals surface area contributed by atoms with Crippen LogP contribution in [0.15, 0.2) is 24.3 Å². The van der Waals surface area contributed by atoms with Crippen LogP contribution in [0.5, 0.6) is 0 Å². The second kappa shape index (κ2) is 7.18. The van der Waals surface area contributed by atoms with E-state index in [0.717, 1.165) is 29.7 Å². The lowest BCUT2D eigenvalue weighted by Gasteiger charge is -2.06. The van der Waals surface area contributed by atoms with Gasteiger partial charge >= 0.3 is 0 Å². The highest BCUT2D eigenvalue weighted by atomic mass is 35.5. The van der Waals surface area contributed by atoms with E-state index in [1.54, 1.807) is 22.9 Å². The summed E-state index contributed by atoms with van der Waals surface area (Å²) < 4.78 is 1.66. The van der Waals surface area contributed by atoms with Gasteiger partial charge in [-0.1, -0.05) is 40.9 Å². The Morgan fingerprint density at radius 3 is 2.79 bits per heavy atom. The molecule has 1 N–H and O–H groups in total. The zero-order chi connectivity index (χ0) is 17.3. The number of carbonyl (C=O) groups excluding carboxylic acids is 1. The number of hydrogen-bond acceptors (Lipinski definition) is 2. The summed E-state index contributed by atoms with van der Waals surface area (Å²) in [6, 6.07) is 5.63. The van der Waals surface area contributed by atoms with E-state index in [9.17, 15) is 4.79 Å². The van der Waals surface area contributed by atoms with Gasteiger partial charge in [0.25, 0.3) is 0 Å². The number of amides is 1. The van der Waals surface area contributed by atoms with Crippen molar-refractivity contribution in [3.8, 4) is 0 Å². The number of benzene rings is 1. The minimum Gasteiger partial charge on any atom is -0.350 e. The molecule has 1 aliphatic carbocycles. The first-order valence-electron chi connectivity index (χ1n) is 7.59. The quantitative estimate of drug-likeness (QED) is 0.772. The molecular weight excluding hydrogens is 369 g/mol. The monoisotopic (exact) mass is 383 g/mol. The van der Waals surface area contributed by atoms with Crippen LogP contribution in [0.1, 0.15) is 29.7 Å². The number of carbonyl (C=O) groups is 1. The minimum absolute atomic E-state index is 0.110. The van der Waals surface area contributed by atoms with Gasteiger partial charge in [0.05, 0.1) is 12.2 Å². The predicted octanol–water partition coefficient (Wildman–Crippen LogP) is 4.49. The number of aromatic nitrogens is 2. The topological polar surface area (TPSA) is 46.9 Å². The van der Waals surface area contributed by atoms with Crippen molar-refractivity contribution in [1.82, 2.24) is 15.1 Å². The van der Waals surface area contributed by atoms with Crippen molar-refractivity contribution < 1.29 is 4.79 Å². The molecule has 1 aromatic heterocycles. The van der Waals surface area contributed by atoms with Crippen molar-refractivity contribution in [3.63, 3.8) is 0 Å². The highest BCUT2D eigenvalue weighted by Gasteiger charge is 2.22. The smallest absolute Gasteiger partial charge is 0.244 e. The maximum atomic E-state index is 11.8. The van der Waals surface area contributed by atoms with Crippen molar-refractivity contribution in [3.05, 3.63) is 56.3 Å². The second-order valence-corrected chi connectivity index (χ2v) is 7.00. The second-order valence-electron chi connectivity index (χ2n) is 5.80. The zero-order valence-corrected chi connectivity index (χ0v) is 15.3. The summed E-state index contributed by atoms with van der Waals surface area (Å²) in [5.41, 5.74) is 2.35. The van der Waals surface area contributed by atoms with Crippen LogP contribution in [0.2, 0.25) is 15.2 Å². The first kappa shape index (κ1) is 17.3. The Labute approximate surface area is 155 Å². The van der Waals surface area contributed by atoms with Crippen molar-refractivity contribution in [2.75, 3.05) is 0 Å². The van der Waals surface area contributed by atoms with Gasteiger partial charge in [0.1, 0.15) is 5.15 Å². The van der Waals surface area contributed by atoms with Crippen LogP contribution in [0.4, 0.5) is 0 Å². The lowest BCUT2D eigenvalue weighted by molar-refractivity contribution is -0.116. The summed E-state index contributed by atoms with van der Waals surface area (Å²) in [7, 11) is 0. The molecule has 0 radical (unpaired) electrons. The van der Waals surface area contributed by atoms with Crippen LogP contribution < -0.4 is 5.32 Å². The molecule has 7 heteroatoms. The van der Waals surface area contributed by atoms with Crippen LogP contribution in [-0.2, 0) is 11.3 Å². The molecule has 0 spiro atoms. The van der Waals surface area contributed by atoms with Crippen molar-refractivity contribution in [2.24, 2.45) is 0 Å². The summed E-state index contributed by atoms with van der Waals surface area (Å²) in [5.74, 6) is -0.110. The van der Waals surface area contributed by atoms with Crippen molar-refractivity contribution in [1.29, 1.82) is 0 Å². The summed E-state index contributed by atoms with van der Waals surface area (Å²) >= 11 is 18.5. The molecule has 4 nitrogen and oxygen atoms in total. The molecule has 0 unspecified atom stereocenters. The molecule has 1 heterocycles. The number of hydrogen-bond donors (Lipinski definition) is 1. The normalized spacial score (nSPS) is 14.3. The number of nitrogens with zero attached hydrogens (tertiary/aromatic N) is 2. The molecule has 1 fully saturated rings. The fourth-order valence-electron chi connectivity index (χ4n) is 2.31. The van der Waals surface area contributed by atoms with E-state index in [1.807, 2.05) is 13.0 Å². The predicted molar refractivity (Wildman–Crippen MR) is 97.7 cm³/mol. The molecule has 24 heavy (non-hydrogen) atoms. The number of rotatable bonds is 5. The molecule has 3 rings (SSSR count). The average Bonchev–Trinajstić information content (AvgIpc) is 3.28. The average molecular weight is 385 g/mol. The van der Waals surface area contributed by atoms with Gasteiger partial charge in [-0.25, -0.2) is 4.68 Å². The molecular formula is C17H16Cl3N3O. The Morgan fingerprint density at radius 1 is 1.38 bits per heavy atom. The molecule has 1 aromatic carbocycles. The number of aryl methyl sites for hydroxylation is 1. The minimum atomic E-state index is -0.110. The van der Waals surface area contributed by atoms with E-state index in [2.05, 4.69) is 10.4 Å². The van der Waals surface area contributed by atoms with Gasteiger partial charge in [-0.3, -0.25) is 4.79 Å². The summed E-state index contributed by atoms with van der Waals surface area (Å²) in [5, 5.41) is 8.94. The Bertz CT molecular complexity index is 810. The Morgan fingerprint density at radius 2 is 2.12 bits per heavy atom. The Hall–Kier alpha value is -1.49. The van der Waals surface area contributed by atoms with Gasteiger partial charge in [-0.05, 0) is 43.5 Å². The molecule has 1 amide bonds. The Kier molecular flexibility index (Phi) is 5.18. The van der Waals surface area contributed by atoms with Gasteiger partial charge in [0, 0.05) is 27.7 Å². The summed E-state index contributed by atoms with van der Waals surface area (Å²) in [6.45, 7) is 2.28. The van der Waals surface area contributed by atoms with Crippen LogP contribution in [0.25, 0.3) is 6.08 Å². The largest absolute Gasteiger partial charge is 0.350 e. The first-order chi connectivity index (χ1) is 11.4. The van der Waals surface area contributed by atoms with Gasteiger partial charge in [0.15, 0.2) is 0 Å². The maximum Gasteiger partial charge on any atom is 0.244 e. The van der Waals surface area contributed by atoms with E-state index in [4.69, 9.17) is 34.8 Å². The SMILES string of the molecule is Cc1nn(Cc2ccc(Cl)cc2Cl)c(Cl)c1/C=C/C(=O)NC1CC1. The third-order valence-corrected chi connectivity index (χ3v) is 4.76. The molecule has 0 aliphatic heterocycles. The standard InChI is InChI=1S/C17H16Cl3N3O/c1-10-14(6-7-16(24)21-13-4-5-13)17(20)23(22-10)9-11-2-3-12(18)8-15(11)19/h2-3,6-8,13H,4-5,9H2,1H3,(H,21,24)/b7-6+. The lowest BCUT2D eigenvalue weighted by Crippen LogP contribution is -2.22. The number of halogens is 3. The van der Waals surface area contributed by atoms with E-state index >= 15 is 0 Å². The molecule has 2 aromatic rings. The number of nitrogens with one attached hydrogen (secondary N) is 1. The third-order valence-electron chi connectivity index (χ3n) is 3.77. The fourth-order valence-corrected chi connectivity index (χ4v) is 3.07. The van der Waals surface area contributed by atoms with Gasteiger partial charge in [-0.15, -0.1) is 0 Å². The van der Waals surface area contributed by atoms with Gasteiger partial charge < -0.3 is 5.32 Å². The third kappa shape index (κ3) is 4.12. The molecule has 126 valence electrons. The lowest BCUT2D eigenvalue weighted by atomic mass is 10.2. The fraction of sp³-hybridized carbons (Fsp3) is 0.294. The summed E-state index contributed by atoms with van der Waals surface area (Å²) in [6.07, 6.45) is 5.30. The highest BCUT2D eigenvalue weighted by Crippen LogP contribution is 2.26. The summed E-state index contributed by atoms with van der Waals surface area (Å²) in [4.78, 5) is 11.8. The highest BCUT2D eigenvalue weighted by molar-refractivity contribution is 6.35. The van der Waals surface area contributed by atoms with Crippen molar-refractivity contribution >= 4 is 46.8 Å². The van der Waals surface area contributed by atoms with Gasteiger partial charge in [0.2, 0.25) is 5.91 Å². The van der Waals surface area contributed by atoms with Crippen LogP contribution >= 0.6 is 34.8 Å². The molecule has 1 saturated carbocycles. The molecule has 0 atom stereocenters. The Balaban J connectivity index is 1.78. The van der Waals surface area contributed by atoms with Crippen LogP contribution in [0, 0.1) is 6.92 Å².